The van der Waals surface area contributed by atoms with Gasteiger partial charge in [0.1, 0.15) is 0 Å². The van der Waals surface area contributed by atoms with E-state index in [4.69, 9.17) is 4.74 Å². The molecular formula is C17H33NOSSn. The molecule has 0 aromatic carbocycles. The molecule has 2 nitrogen and oxygen atoms in total. The van der Waals surface area contributed by atoms with Crippen LogP contribution in [0.4, 0.5) is 0 Å². The van der Waals surface area contributed by atoms with Crippen molar-refractivity contribution in [3.8, 4) is 5.19 Å². The van der Waals surface area contributed by atoms with Crippen LogP contribution < -0.4 is 7.63 Å². The topological polar surface area (TPSA) is 22.1 Å². The Kier molecular flexibility index (Phi) is 9.26. The van der Waals surface area contributed by atoms with Gasteiger partial charge in [-0.1, -0.05) is 0 Å². The third-order valence-corrected chi connectivity index (χ3v) is 24.2. The Balaban J connectivity index is 3.12. The Labute approximate surface area is 139 Å². The van der Waals surface area contributed by atoms with Crippen molar-refractivity contribution in [3.63, 3.8) is 0 Å². The summed E-state index contributed by atoms with van der Waals surface area (Å²) in [6.07, 6.45) is 8.19. The van der Waals surface area contributed by atoms with Crippen molar-refractivity contribution in [2.75, 3.05) is 7.11 Å². The third kappa shape index (κ3) is 5.42. The van der Waals surface area contributed by atoms with Crippen molar-refractivity contribution in [1.29, 1.82) is 0 Å². The van der Waals surface area contributed by atoms with Gasteiger partial charge in [-0.05, 0) is 0 Å². The molecule has 0 spiro atoms. The normalized spacial score (nSPS) is 11.9. The molecule has 1 rings (SSSR count). The molecule has 0 saturated heterocycles. The number of unbranched alkanes of at least 4 members (excludes halogenated alkanes) is 3. The van der Waals surface area contributed by atoms with Crippen LogP contribution in [-0.2, 0) is 0 Å². The summed E-state index contributed by atoms with van der Waals surface area (Å²) in [5.74, 6) is 0. The van der Waals surface area contributed by atoms with E-state index in [1.54, 1.807) is 10.0 Å². The van der Waals surface area contributed by atoms with Crippen molar-refractivity contribution in [2.45, 2.75) is 79.5 Å². The summed E-state index contributed by atoms with van der Waals surface area (Å²) in [5.41, 5.74) is 1.29. The average molecular weight is 418 g/mol. The van der Waals surface area contributed by atoms with E-state index in [1.807, 2.05) is 11.3 Å². The molecule has 0 fully saturated rings. The molecule has 4 heteroatoms. The number of rotatable bonds is 11. The molecule has 1 aromatic rings. The van der Waals surface area contributed by atoms with Crippen LogP contribution in [0, 0.1) is 6.92 Å². The molecule has 0 aliphatic rings. The molecule has 0 N–H and O–H groups in total. The Morgan fingerprint density at radius 2 is 1.43 bits per heavy atom. The summed E-state index contributed by atoms with van der Waals surface area (Å²) in [6.45, 7) is 9.20. The van der Waals surface area contributed by atoms with Gasteiger partial charge in [-0.15, -0.1) is 0 Å². The number of thiazole rings is 1. The number of aryl methyl sites for hydroxylation is 1. The minimum absolute atomic E-state index is 0.882. The van der Waals surface area contributed by atoms with Crippen LogP contribution in [-0.4, -0.2) is 30.5 Å². The van der Waals surface area contributed by atoms with E-state index in [1.165, 1.54) is 57.5 Å². The van der Waals surface area contributed by atoms with Crippen LogP contribution in [0.5, 0.6) is 5.19 Å². The molecular weight excluding hydrogens is 385 g/mol. The second kappa shape index (κ2) is 10.1. The number of methoxy groups -OCH3 is 1. The van der Waals surface area contributed by atoms with Crippen LogP contribution in [0.25, 0.3) is 0 Å². The molecule has 21 heavy (non-hydrogen) atoms. The Hall–Kier alpha value is 0.229. The molecule has 0 aliphatic heterocycles. The molecule has 0 bridgehead atoms. The Morgan fingerprint density at radius 1 is 0.952 bits per heavy atom. The second-order valence-corrected chi connectivity index (χ2v) is 21.2. The first kappa shape index (κ1) is 19.3. The van der Waals surface area contributed by atoms with Gasteiger partial charge in [0, 0.05) is 0 Å². The van der Waals surface area contributed by atoms with Gasteiger partial charge in [-0.25, -0.2) is 0 Å². The quantitative estimate of drug-likeness (QED) is 0.442. The third-order valence-electron chi connectivity index (χ3n) is 4.46. The fourth-order valence-corrected chi connectivity index (χ4v) is 24.0. The van der Waals surface area contributed by atoms with Crippen LogP contribution in [0.15, 0.2) is 0 Å². The van der Waals surface area contributed by atoms with E-state index in [2.05, 4.69) is 32.7 Å². The van der Waals surface area contributed by atoms with Gasteiger partial charge in [-0.3, -0.25) is 0 Å². The number of hydrogen-bond donors (Lipinski definition) is 0. The van der Waals surface area contributed by atoms with Crippen molar-refractivity contribution in [3.05, 3.63) is 5.69 Å². The molecule has 0 radical (unpaired) electrons. The van der Waals surface area contributed by atoms with Gasteiger partial charge < -0.3 is 0 Å². The van der Waals surface area contributed by atoms with E-state index in [0.29, 0.717) is 0 Å². The Morgan fingerprint density at radius 3 is 1.76 bits per heavy atom. The van der Waals surface area contributed by atoms with E-state index in [0.717, 1.165) is 5.19 Å². The van der Waals surface area contributed by atoms with Crippen LogP contribution in [0.2, 0.25) is 13.3 Å². The first-order chi connectivity index (χ1) is 10.1. The maximum atomic E-state index is 5.43. The van der Waals surface area contributed by atoms with Gasteiger partial charge in [0.2, 0.25) is 0 Å². The summed E-state index contributed by atoms with van der Waals surface area (Å²) in [5, 5.41) is 0.882. The predicted molar refractivity (Wildman–Crippen MR) is 97.9 cm³/mol. The molecule has 122 valence electrons. The first-order valence-corrected chi connectivity index (χ1v) is 16.9. The summed E-state index contributed by atoms with van der Waals surface area (Å²) in [4.78, 5) is 4.67. The second-order valence-electron chi connectivity index (χ2n) is 6.19. The fourth-order valence-electron chi connectivity index (χ4n) is 3.21. The van der Waals surface area contributed by atoms with E-state index < -0.39 is 18.4 Å². The van der Waals surface area contributed by atoms with Crippen molar-refractivity contribution in [1.82, 2.24) is 4.98 Å². The maximum absolute atomic E-state index is 5.43. The molecule has 1 aromatic heterocycles. The number of ether oxygens (including phenoxy) is 1. The minimum atomic E-state index is -2.29. The monoisotopic (exact) mass is 419 g/mol. The van der Waals surface area contributed by atoms with Crippen LogP contribution >= 0.6 is 11.3 Å². The summed E-state index contributed by atoms with van der Waals surface area (Å²) >= 11 is -0.408. The molecule has 0 amide bonds. The zero-order valence-electron chi connectivity index (χ0n) is 14.6. The summed E-state index contributed by atoms with van der Waals surface area (Å²) in [6, 6.07) is 0. The van der Waals surface area contributed by atoms with Gasteiger partial charge in [-0.2, -0.15) is 0 Å². The Bertz CT molecular complexity index is 384. The van der Waals surface area contributed by atoms with E-state index >= 15 is 0 Å². The van der Waals surface area contributed by atoms with Gasteiger partial charge in [0.25, 0.3) is 0 Å². The molecule has 0 aliphatic carbocycles. The fraction of sp³-hybridized carbons (Fsp3) is 0.824. The zero-order valence-corrected chi connectivity index (χ0v) is 18.3. The standard InChI is InChI=1S/C5H6NOS.3C4H9.Sn/c1-4-3-8-5(6-4)7-2;3*1-3-4-2;/h1-2H3;3*1,3-4H2,2H3;. The molecule has 1 heterocycles. The number of hydrogen-bond acceptors (Lipinski definition) is 3. The van der Waals surface area contributed by atoms with E-state index in [9.17, 15) is 0 Å². The number of nitrogens with zero attached hydrogens (tertiary/aromatic N) is 1. The van der Waals surface area contributed by atoms with Crippen molar-refractivity contribution in [2.24, 2.45) is 0 Å². The summed E-state index contributed by atoms with van der Waals surface area (Å²) < 4.78 is 11.7. The SMILES string of the molecule is CCC[CH2][Sn]([CH2]CCC)([CH2]CCC)[c]1sc(OC)nc1C. The number of aromatic nitrogens is 1. The van der Waals surface area contributed by atoms with Crippen LogP contribution in [0.1, 0.15) is 65.0 Å². The van der Waals surface area contributed by atoms with Crippen LogP contribution in [0.3, 0.4) is 0 Å². The predicted octanol–water partition coefficient (Wildman–Crippen LogP) is 5.52. The first-order valence-electron chi connectivity index (χ1n) is 8.65. The average Bonchev–Trinajstić information content (AvgIpc) is 2.89. The molecule has 0 saturated carbocycles. The van der Waals surface area contributed by atoms with E-state index in [-0.39, 0.29) is 0 Å². The summed E-state index contributed by atoms with van der Waals surface area (Å²) in [7, 11) is 1.75. The van der Waals surface area contributed by atoms with Gasteiger partial charge >= 0.3 is 140 Å². The molecule has 0 atom stereocenters. The van der Waals surface area contributed by atoms with Gasteiger partial charge in [0.15, 0.2) is 0 Å². The zero-order chi connectivity index (χ0) is 15.7. The van der Waals surface area contributed by atoms with Gasteiger partial charge in [0.05, 0.1) is 0 Å². The molecule has 0 unspecified atom stereocenters. The van der Waals surface area contributed by atoms with Crippen molar-refractivity contribution < 1.29 is 4.74 Å². The van der Waals surface area contributed by atoms with Crippen molar-refractivity contribution >= 4 is 32.6 Å².